The molecule has 0 aromatic heterocycles. The van der Waals surface area contributed by atoms with Gasteiger partial charge in [-0.05, 0) is 58.4 Å². The van der Waals surface area contributed by atoms with E-state index >= 15 is 0 Å². The van der Waals surface area contributed by atoms with Gasteiger partial charge < -0.3 is 21.1 Å². The number of nitrogens with one attached hydrogen (secondary N) is 2. The minimum atomic E-state index is -0.546. The van der Waals surface area contributed by atoms with E-state index in [1.54, 1.807) is 0 Å². The molecular formula is C20H31N3O3. The molecule has 2 amide bonds. The maximum absolute atomic E-state index is 12.3. The number of ether oxygens (including phenoxy) is 1. The standard InChI is InChI=1S/C20H31N3O3/c1-20(2,3)26-19(25)23-16-11-9-15(10-12-16)22-18(24)17(21)13-14-7-5-4-6-8-14/h4-8,15-17H,9-13,21H2,1-3H3,(H,22,24)(H,23,25)/t15?,16?,17-/m0/s1. The lowest BCUT2D eigenvalue weighted by Crippen LogP contribution is -2.49. The topological polar surface area (TPSA) is 93.5 Å². The zero-order valence-electron chi connectivity index (χ0n) is 16.0. The van der Waals surface area contributed by atoms with Crippen molar-refractivity contribution in [1.82, 2.24) is 10.6 Å². The Kier molecular flexibility index (Phi) is 7.03. The van der Waals surface area contributed by atoms with Crippen LogP contribution in [0.15, 0.2) is 30.3 Å². The average molecular weight is 361 g/mol. The molecule has 1 fully saturated rings. The van der Waals surface area contributed by atoms with E-state index in [9.17, 15) is 9.59 Å². The highest BCUT2D eigenvalue weighted by Crippen LogP contribution is 2.19. The number of amides is 2. The minimum absolute atomic E-state index is 0.0935. The molecule has 4 N–H and O–H groups in total. The first-order valence-corrected chi connectivity index (χ1v) is 9.32. The zero-order chi connectivity index (χ0) is 19.2. The maximum atomic E-state index is 12.3. The number of benzene rings is 1. The van der Waals surface area contributed by atoms with Crippen LogP contribution in [-0.4, -0.2) is 35.7 Å². The lowest BCUT2D eigenvalue weighted by molar-refractivity contribution is -0.123. The molecule has 1 aliphatic rings. The lowest BCUT2D eigenvalue weighted by Gasteiger charge is -2.31. The fourth-order valence-electron chi connectivity index (χ4n) is 3.13. The first-order valence-electron chi connectivity index (χ1n) is 9.32. The summed E-state index contributed by atoms with van der Waals surface area (Å²) in [6.07, 6.45) is 3.43. The normalized spacial score (nSPS) is 21.5. The number of hydrogen-bond acceptors (Lipinski definition) is 4. The molecule has 0 radical (unpaired) electrons. The molecule has 1 aromatic carbocycles. The van der Waals surface area contributed by atoms with Gasteiger partial charge in [0.05, 0.1) is 6.04 Å². The van der Waals surface area contributed by atoms with Gasteiger partial charge in [-0.2, -0.15) is 0 Å². The summed E-state index contributed by atoms with van der Waals surface area (Å²) in [5, 5.41) is 5.95. The second kappa shape index (κ2) is 9.03. The molecule has 1 atom stereocenters. The van der Waals surface area contributed by atoms with E-state index in [1.165, 1.54) is 0 Å². The van der Waals surface area contributed by atoms with Crippen LogP contribution in [0, 0.1) is 0 Å². The molecule has 1 aliphatic carbocycles. The first-order chi connectivity index (χ1) is 12.2. The summed E-state index contributed by atoms with van der Waals surface area (Å²) in [6.45, 7) is 5.53. The molecule has 0 aliphatic heterocycles. The summed E-state index contributed by atoms with van der Waals surface area (Å²) in [5.74, 6) is -0.114. The highest BCUT2D eigenvalue weighted by molar-refractivity contribution is 5.82. The fourth-order valence-corrected chi connectivity index (χ4v) is 3.13. The summed E-state index contributed by atoms with van der Waals surface area (Å²) in [5.41, 5.74) is 6.59. The van der Waals surface area contributed by atoms with Crippen molar-refractivity contribution in [3.05, 3.63) is 35.9 Å². The van der Waals surface area contributed by atoms with Crippen LogP contribution in [0.3, 0.4) is 0 Å². The molecule has 2 rings (SSSR count). The van der Waals surface area contributed by atoms with Gasteiger partial charge in [-0.1, -0.05) is 30.3 Å². The van der Waals surface area contributed by atoms with Gasteiger partial charge in [-0.3, -0.25) is 4.79 Å². The number of alkyl carbamates (subject to hydrolysis) is 1. The van der Waals surface area contributed by atoms with E-state index in [0.29, 0.717) is 6.42 Å². The molecule has 0 bridgehead atoms. The number of hydrogen-bond donors (Lipinski definition) is 3. The third-order valence-electron chi connectivity index (χ3n) is 4.43. The largest absolute Gasteiger partial charge is 0.444 e. The second-order valence-electron chi connectivity index (χ2n) is 8.00. The van der Waals surface area contributed by atoms with Gasteiger partial charge in [0.15, 0.2) is 0 Å². The van der Waals surface area contributed by atoms with Crippen molar-refractivity contribution < 1.29 is 14.3 Å². The molecular weight excluding hydrogens is 330 g/mol. The number of carbonyl (C=O) groups is 2. The summed E-state index contributed by atoms with van der Waals surface area (Å²) >= 11 is 0. The van der Waals surface area contributed by atoms with Gasteiger partial charge in [0, 0.05) is 12.1 Å². The Bertz CT molecular complexity index is 590. The second-order valence-corrected chi connectivity index (χ2v) is 8.00. The number of carbonyl (C=O) groups excluding carboxylic acids is 2. The molecule has 26 heavy (non-hydrogen) atoms. The molecule has 0 spiro atoms. The summed E-state index contributed by atoms with van der Waals surface area (Å²) < 4.78 is 5.28. The summed E-state index contributed by atoms with van der Waals surface area (Å²) in [7, 11) is 0. The zero-order valence-corrected chi connectivity index (χ0v) is 16.0. The van der Waals surface area contributed by atoms with Crippen LogP contribution >= 0.6 is 0 Å². The quantitative estimate of drug-likeness (QED) is 0.751. The Morgan fingerprint density at radius 3 is 2.15 bits per heavy atom. The molecule has 0 saturated heterocycles. The van der Waals surface area contributed by atoms with Gasteiger partial charge in [-0.25, -0.2) is 4.79 Å². The molecule has 6 nitrogen and oxygen atoms in total. The van der Waals surface area contributed by atoms with Crippen LogP contribution in [0.4, 0.5) is 4.79 Å². The van der Waals surface area contributed by atoms with Crippen LogP contribution in [0.1, 0.15) is 52.0 Å². The van der Waals surface area contributed by atoms with Crippen molar-refractivity contribution in [1.29, 1.82) is 0 Å². The molecule has 0 heterocycles. The average Bonchev–Trinajstić information content (AvgIpc) is 2.55. The minimum Gasteiger partial charge on any atom is -0.444 e. The first kappa shape index (κ1) is 20.2. The highest BCUT2D eigenvalue weighted by Gasteiger charge is 2.26. The van der Waals surface area contributed by atoms with E-state index < -0.39 is 11.6 Å². The molecule has 0 unspecified atom stereocenters. The van der Waals surface area contributed by atoms with Gasteiger partial charge in [-0.15, -0.1) is 0 Å². The van der Waals surface area contributed by atoms with Gasteiger partial charge >= 0.3 is 6.09 Å². The fraction of sp³-hybridized carbons (Fsp3) is 0.600. The van der Waals surface area contributed by atoms with E-state index in [4.69, 9.17) is 10.5 Å². The number of rotatable bonds is 5. The van der Waals surface area contributed by atoms with Gasteiger partial charge in [0.25, 0.3) is 0 Å². The van der Waals surface area contributed by atoms with Crippen molar-refractivity contribution in [3.8, 4) is 0 Å². The Balaban J connectivity index is 1.71. The smallest absolute Gasteiger partial charge is 0.407 e. The maximum Gasteiger partial charge on any atom is 0.407 e. The SMILES string of the molecule is CC(C)(C)OC(=O)NC1CCC(NC(=O)[C@@H](N)Cc2ccccc2)CC1. The Morgan fingerprint density at radius 1 is 1.08 bits per heavy atom. The van der Waals surface area contributed by atoms with E-state index in [1.807, 2.05) is 51.1 Å². The van der Waals surface area contributed by atoms with E-state index in [2.05, 4.69) is 10.6 Å². The Labute approximate surface area is 155 Å². The van der Waals surface area contributed by atoms with Gasteiger partial charge in [0.2, 0.25) is 5.91 Å². The molecule has 6 heteroatoms. The number of nitrogens with two attached hydrogens (primary N) is 1. The molecule has 1 saturated carbocycles. The van der Waals surface area contributed by atoms with E-state index in [0.717, 1.165) is 31.2 Å². The van der Waals surface area contributed by atoms with Crippen LogP contribution in [0.5, 0.6) is 0 Å². The van der Waals surface area contributed by atoms with E-state index in [-0.39, 0.29) is 24.1 Å². The van der Waals surface area contributed by atoms with Crippen LogP contribution in [0.2, 0.25) is 0 Å². The Morgan fingerprint density at radius 2 is 1.62 bits per heavy atom. The monoisotopic (exact) mass is 361 g/mol. The third-order valence-corrected chi connectivity index (χ3v) is 4.43. The van der Waals surface area contributed by atoms with Crippen LogP contribution in [0.25, 0.3) is 0 Å². The van der Waals surface area contributed by atoms with Crippen molar-refractivity contribution >= 4 is 12.0 Å². The van der Waals surface area contributed by atoms with Crippen molar-refractivity contribution in [2.75, 3.05) is 0 Å². The lowest BCUT2D eigenvalue weighted by atomic mass is 9.91. The summed E-state index contributed by atoms with van der Waals surface area (Å²) in [6, 6.07) is 9.44. The van der Waals surface area contributed by atoms with Crippen molar-refractivity contribution in [3.63, 3.8) is 0 Å². The summed E-state index contributed by atoms with van der Waals surface area (Å²) in [4.78, 5) is 24.1. The van der Waals surface area contributed by atoms with Crippen molar-refractivity contribution in [2.24, 2.45) is 5.73 Å². The highest BCUT2D eigenvalue weighted by atomic mass is 16.6. The Hall–Kier alpha value is -2.08. The van der Waals surface area contributed by atoms with Crippen LogP contribution in [-0.2, 0) is 16.0 Å². The molecule has 144 valence electrons. The molecule has 1 aromatic rings. The van der Waals surface area contributed by atoms with Crippen molar-refractivity contribution in [2.45, 2.75) is 76.6 Å². The van der Waals surface area contributed by atoms with Crippen LogP contribution < -0.4 is 16.4 Å². The van der Waals surface area contributed by atoms with Gasteiger partial charge in [0.1, 0.15) is 5.60 Å². The predicted molar refractivity (Wildman–Crippen MR) is 102 cm³/mol. The third kappa shape index (κ3) is 7.04. The predicted octanol–water partition coefficient (Wildman–Crippen LogP) is 2.51.